The molecule has 12 heteroatoms. The summed E-state index contributed by atoms with van der Waals surface area (Å²) in [6.07, 6.45) is -0.0758. The van der Waals surface area contributed by atoms with E-state index in [4.69, 9.17) is 5.73 Å². The summed E-state index contributed by atoms with van der Waals surface area (Å²) >= 11 is 1.20. The average molecular weight is 425 g/mol. The number of fused-ring (bicyclic) bond motifs is 1. The Morgan fingerprint density at radius 3 is 2.93 bits per heavy atom. The Hall–Kier alpha value is -2.73. The molecule has 1 unspecified atom stereocenters. The molecule has 4 heterocycles. The van der Waals surface area contributed by atoms with Crippen LogP contribution in [0.3, 0.4) is 0 Å². The minimum atomic E-state index is -4.68. The van der Waals surface area contributed by atoms with Gasteiger partial charge in [0.25, 0.3) is 5.91 Å². The van der Waals surface area contributed by atoms with Crippen LogP contribution in [0.15, 0.2) is 17.8 Å². The number of aryl methyl sites for hydroxylation is 1. The fraction of sp³-hybridized carbons (Fsp3) is 0.412. The molecule has 0 aliphatic carbocycles. The third kappa shape index (κ3) is 3.90. The SMILES string of the molecule is Cn1cc(NC(=O)c2csc3ncc(N4CCCC(N)C4)nc23)c(C(F)(F)F)n1. The highest BCUT2D eigenvalue weighted by molar-refractivity contribution is 7.17. The van der Waals surface area contributed by atoms with Gasteiger partial charge in [-0.1, -0.05) is 0 Å². The quantitative estimate of drug-likeness (QED) is 0.669. The largest absolute Gasteiger partial charge is 0.437 e. The number of anilines is 2. The van der Waals surface area contributed by atoms with E-state index in [0.29, 0.717) is 22.7 Å². The van der Waals surface area contributed by atoms with Gasteiger partial charge in [0.1, 0.15) is 16.2 Å². The van der Waals surface area contributed by atoms with Crippen molar-refractivity contribution in [3.63, 3.8) is 0 Å². The van der Waals surface area contributed by atoms with Crippen molar-refractivity contribution in [3.05, 3.63) is 29.0 Å². The van der Waals surface area contributed by atoms with E-state index in [-0.39, 0.29) is 11.6 Å². The van der Waals surface area contributed by atoms with Gasteiger partial charge in [0.2, 0.25) is 0 Å². The van der Waals surface area contributed by atoms with Gasteiger partial charge in [-0.05, 0) is 12.8 Å². The van der Waals surface area contributed by atoms with Gasteiger partial charge in [0, 0.05) is 37.8 Å². The minimum absolute atomic E-state index is 0.0397. The Bertz CT molecular complexity index is 1060. The number of hydrogen-bond donors (Lipinski definition) is 2. The summed E-state index contributed by atoms with van der Waals surface area (Å²) in [4.78, 5) is 24.1. The Balaban J connectivity index is 1.64. The van der Waals surface area contributed by atoms with E-state index in [1.807, 2.05) is 4.90 Å². The standard InChI is InChI=1S/C17H18F3N7OS/c1-26-7-11(14(25-26)17(18,19)20)23-15(28)10-8-29-16-13(10)24-12(5-22-16)27-4-2-3-9(21)6-27/h5,7-9H,2-4,6,21H2,1H3,(H,23,28). The number of halogens is 3. The number of amides is 1. The number of aromatic nitrogens is 4. The molecule has 3 N–H and O–H groups in total. The molecule has 1 saturated heterocycles. The summed E-state index contributed by atoms with van der Waals surface area (Å²) in [5.41, 5.74) is 4.97. The van der Waals surface area contributed by atoms with E-state index in [2.05, 4.69) is 20.4 Å². The predicted octanol–water partition coefficient (Wildman–Crippen LogP) is 2.62. The number of piperidine rings is 1. The van der Waals surface area contributed by atoms with Crippen LogP contribution in [0, 0.1) is 0 Å². The molecule has 1 aliphatic rings. The van der Waals surface area contributed by atoms with Crippen molar-refractivity contribution in [1.82, 2.24) is 19.7 Å². The third-order valence-corrected chi connectivity index (χ3v) is 5.52. The first kappa shape index (κ1) is 19.6. The zero-order chi connectivity index (χ0) is 20.8. The summed E-state index contributed by atoms with van der Waals surface area (Å²) in [6.45, 7) is 1.42. The van der Waals surface area contributed by atoms with Gasteiger partial charge in [0.05, 0.1) is 17.4 Å². The van der Waals surface area contributed by atoms with Crippen LogP contribution in [0.5, 0.6) is 0 Å². The molecule has 0 aromatic carbocycles. The second-order valence-corrected chi connectivity index (χ2v) is 7.75. The van der Waals surface area contributed by atoms with Crippen molar-refractivity contribution in [2.24, 2.45) is 12.8 Å². The number of nitrogens with one attached hydrogen (secondary N) is 1. The minimum Gasteiger partial charge on any atom is -0.354 e. The van der Waals surface area contributed by atoms with Gasteiger partial charge in [-0.25, -0.2) is 9.97 Å². The molecule has 3 aromatic rings. The number of nitrogens with zero attached hydrogens (tertiary/aromatic N) is 5. The number of nitrogens with two attached hydrogens (primary N) is 1. The van der Waals surface area contributed by atoms with Crippen LogP contribution in [0.4, 0.5) is 24.7 Å². The highest BCUT2D eigenvalue weighted by Crippen LogP contribution is 2.34. The van der Waals surface area contributed by atoms with Gasteiger partial charge in [0.15, 0.2) is 5.69 Å². The fourth-order valence-electron chi connectivity index (χ4n) is 3.31. The van der Waals surface area contributed by atoms with Crippen molar-refractivity contribution in [2.45, 2.75) is 25.1 Å². The van der Waals surface area contributed by atoms with Crippen molar-refractivity contribution < 1.29 is 18.0 Å². The van der Waals surface area contributed by atoms with E-state index in [1.54, 1.807) is 6.20 Å². The molecule has 0 radical (unpaired) electrons. The Morgan fingerprint density at radius 2 is 2.21 bits per heavy atom. The molecule has 3 aromatic heterocycles. The first-order chi connectivity index (χ1) is 13.7. The Kier molecular flexibility index (Phi) is 4.90. The van der Waals surface area contributed by atoms with Gasteiger partial charge in [-0.2, -0.15) is 18.3 Å². The molecule has 1 atom stereocenters. The van der Waals surface area contributed by atoms with E-state index in [1.165, 1.54) is 23.8 Å². The topological polar surface area (TPSA) is 102 Å². The van der Waals surface area contributed by atoms with Crippen LogP contribution in [0.1, 0.15) is 28.9 Å². The molecular formula is C17H18F3N7OS. The monoisotopic (exact) mass is 425 g/mol. The van der Waals surface area contributed by atoms with Crippen molar-refractivity contribution in [2.75, 3.05) is 23.3 Å². The maximum absolute atomic E-state index is 13.1. The van der Waals surface area contributed by atoms with E-state index < -0.39 is 23.5 Å². The summed E-state index contributed by atoms with van der Waals surface area (Å²) in [5, 5.41) is 7.23. The first-order valence-electron chi connectivity index (χ1n) is 8.89. The van der Waals surface area contributed by atoms with Crippen LogP contribution in [0.25, 0.3) is 10.3 Å². The lowest BCUT2D eigenvalue weighted by molar-refractivity contribution is -0.140. The number of carbonyl (C=O) groups excluding carboxylic acids is 1. The lowest BCUT2D eigenvalue weighted by Crippen LogP contribution is -2.43. The van der Waals surface area contributed by atoms with Crippen LogP contribution >= 0.6 is 11.3 Å². The third-order valence-electron chi connectivity index (χ3n) is 4.64. The van der Waals surface area contributed by atoms with Crippen molar-refractivity contribution in [3.8, 4) is 0 Å². The molecule has 0 saturated carbocycles. The highest BCUT2D eigenvalue weighted by atomic mass is 32.1. The molecule has 0 spiro atoms. The lowest BCUT2D eigenvalue weighted by atomic mass is 10.1. The normalized spacial score (nSPS) is 17.7. The van der Waals surface area contributed by atoms with E-state index >= 15 is 0 Å². The van der Waals surface area contributed by atoms with E-state index in [9.17, 15) is 18.0 Å². The second kappa shape index (κ2) is 7.26. The van der Waals surface area contributed by atoms with Crippen LogP contribution in [-0.2, 0) is 13.2 Å². The summed E-state index contributed by atoms with van der Waals surface area (Å²) in [7, 11) is 1.35. The molecule has 8 nitrogen and oxygen atoms in total. The number of alkyl halides is 3. The summed E-state index contributed by atoms with van der Waals surface area (Å²) < 4.78 is 40.4. The van der Waals surface area contributed by atoms with Crippen molar-refractivity contribution in [1.29, 1.82) is 0 Å². The summed E-state index contributed by atoms with van der Waals surface area (Å²) in [6, 6.07) is 0.0397. The summed E-state index contributed by atoms with van der Waals surface area (Å²) in [5.74, 6) is -0.103. The van der Waals surface area contributed by atoms with Gasteiger partial charge >= 0.3 is 6.18 Å². The Labute approximate surface area is 167 Å². The molecular weight excluding hydrogens is 407 g/mol. The molecule has 1 aliphatic heterocycles. The smallest absolute Gasteiger partial charge is 0.354 e. The molecule has 4 rings (SSSR count). The zero-order valence-electron chi connectivity index (χ0n) is 15.4. The van der Waals surface area contributed by atoms with E-state index in [0.717, 1.165) is 30.3 Å². The molecule has 1 fully saturated rings. The zero-order valence-corrected chi connectivity index (χ0v) is 16.2. The predicted molar refractivity (Wildman–Crippen MR) is 103 cm³/mol. The number of hydrogen-bond acceptors (Lipinski definition) is 7. The van der Waals surface area contributed by atoms with Crippen LogP contribution < -0.4 is 16.0 Å². The first-order valence-corrected chi connectivity index (χ1v) is 9.77. The molecule has 154 valence electrons. The van der Waals surface area contributed by atoms with Gasteiger partial charge in [-0.15, -0.1) is 11.3 Å². The fourth-order valence-corrected chi connectivity index (χ4v) is 4.14. The van der Waals surface area contributed by atoms with Crippen molar-refractivity contribution >= 4 is 39.1 Å². The number of rotatable bonds is 3. The maximum atomic E-state index is 13.1. The second-order valence-electron chi connectivity index (χ2n) is 6.90. The number of carbonyl (C=O) groups is 1. The maximum Gasteiger partial charge on any atom is 0.437 e. The molecule has 29 heavy (non-hydrogen) atoms. The van der Waals surface area contributed by atoms with Crippen LogP contribution in [-0.4, -0.2) is 44.8 Å². The average Bonchev–Trinajstić information content (AvgIpc) is 3.24. The highest BCUT2D eigenvalue weighted by Gasteiger charge is 2.37. The Morgan fingerprint density at radius 1 is 1.41 bits per heavy atom. The lowest BCUT2D eigenvalue weighted by Gasteiger charge is -2.31. The van der Waals surface area contributed by atoms with Gasteiger partial charge in [-0.3, -0.25) is 9.48 Å². The molecule has 0 bridgehead atoms. The number of thiophene rings is 1. The van der Waals surface area contributed by atoms with Crippen LogP contribution in [0.2, 0.25) is 0 Å². The molecule has 1 amide bonds. The van der Waals surface area contributed by atoms with Gasteiger partial charge < -0.3 is 16.0 Å².